The van der Waals surface area contributed by atoms with E-state index in [1.165, 1.54) is 42.0 Å². The Morgan fingerprint density at radius 2 is 2.07 bits per heavy atom. The van der Waals surface area contributed by atoms with Crippen LogP contribution < -0.4 is 5.56 Å². The summed E-state index contributed by atoms with van der Waals surface area (Å²) in [6, 6.07) is 3.85. The van der Waals surface area contributed by atoms with Crippen molar-refractivity contribution >= 4 is 0 Å². The third-order valence-corrected chi connectivity index (χ3v) is 5.86. The van der Waals surface area contributed by atoms with Gasteiger partial charge in [0.1, 0.15) is 0 Å². The van der Waals surface area contributed by atoms with Gasteiger partial charge in [0.25, 0.3) is 5.56 Å². The van der Waals surface area contributed by atoms with Crippen LogP contribution in [-0.2, 0) is 19.9 Å². The van der Waals surface area contributed by atoms with E-state index >= 15 is 0 Å². The molecule has 0 amide bonds. The smallest absolute Gasteiger partial charge is 0.250 e. The molecule has 1 saturated carbocycles. The van der Waals surface area contributed by atoms with Gasteiger partial charge in [-0.3, -0.25) is 4.79 Å². The maximum atomic E-state index is 11.9. The molecule has 1 atom stereocenters. The summed E-state index contributed by atoms with van der Waals surface area (Å²) in [5.41, 5.74) is 2.94. The zero-order chi connectivity index (χ0) is 18.4. The first-order chi connectivity index (χ1) is 13.2. The fourth-order valence-corrected chi connectivity index (χ4v) is 4.26. The second-order valence-corrected chi connectivity index (χ2v) is 7.63. The van der Waals surface area contributed by atoms with Gasteiger partial charge >= 0.3 is 0 Å². The number of aromatic nitrogens is 6. The molecule has 1 fully saturated rings. The monoisotopic (exact) mass is 366 g/mol. The van der Waals surface area contributed by atoms with Gasteiger partial charge in [-0.15, -0.1) is 5.10 Å². The number of nitrogens with zero attached hydrogens (tertiary/aromatic N) is 6. The second-order valence-electron chi connectivity index (χ2n) is 7.63. The quantitative estimate of drug-likeness (QED) is 0.707. The van der Waals surface area contributed by atoms with Crippen LogP contribution in [0.1, 0.15) is 61.3 Å². The van der Waals surface area contributed by atoms with Gasteiger partial charge in [-0.05, 0) is 31.7 Å². The first-order valence-corrected chi connectivity index (χ1v) is 9.62. The van der Waals surface area contributed by atoms with Crippen molar-refractivity contribution in [3.8, 4) is 11.4 Å². The first kappa shape index (κ1) is 16.4. The van der Waals surface area contributed by atoms with Crippen molar-refractivity contribution in [2.24, 2.45) is 7.05 Å². The van der Waals surface area contributed by atoms with Crippen LogP contribution in [0.15, 0.2) is 27.6 Å². The van der Waals surface area contributed by atoms with Gasteiger partial charge in [0.05, 0.1) is 17.4 Å². The molecule has 0 saturated heterocycles. The van der Waals surface area contributed by atoms with Gasteiger partial charge in [0.15, 0.2) is 0 Å². The summed E-state index contributed by atoms with van der Waals surface area (Å²) >= 11 is 0. The van der Waals surface area contributed by atoms with Gasteiger partial charge in [0, 0.05) is 37.2 Å². The molecule has 1 unspecified atom stereocenters. The Morgan fingerprint density at radius 3 is 2.89 bits per heavy atom. The zero-order valence-electron chi connectivity index (χ0n) is 15.3. The molecule has 2 aliphatic rings. The molecule has 140 valence electrons. The minimum Gasteiger partial charge on any atom is -0.339 e. The van der Waals surface area contributed by atoms with Crippen LogP contribution in [0.4, 0.5) is 0 Å². The van der Waals surface area contributed by atoms with Crippen LogP contribution in [0, 0.1) is 0 Å². The molecule has 27 heavy (non-hydrogen) atoms. The van der Waals surface area contributed by atoms with E-state index < -0.39 is 0 Å². The normalized spacial score (nSPS) is 20.1. The molecule has 8 heteroatoms. The molecule has 3 aromatic rings. The van der Waals surface area contributed by atoms with E-state index in [2.05, 4.69) is 25.1 Å². The van der Waals surface area contributed by atoms with Crippen molar-refractivity contribution in [3.63, 3.8) is 0 Å². The van der Waals surface area contributed by atoms with E-state index in [9.17, 15) is 4.79 Å². The highest BCUT2D eigenvalue weighted by atomic mass is 16.5. The molecular weight excluding hydrogens is 344 g/mol. The highest BCUT2D eigenvalue weighted by Gasteiger charge is 2.31. The zero-order valence-corrected chi connectivity index (χ0v) is 15.3. The molecule has 2 aliphatic carbocycles. The topological polar surface area (TPSA) is 91.6 Å². The standard InChI is InChI=1S/C19H22N6O2/c1-24-9-8-12(11-17(24)26)18-20-19(27-22-18)13-6-7-15-16(10-13)25(23-21-15)14-4-2-3-5-14/h8-9,11,13-14H,2-7,10H2,1H3. The van der Waals surface area contributed by atoms with Crippen molar-refractivity contribution in [1.29, 1.82) is 0 Å². The van der Waals surface area contributed by atoms with Gasteiger partial charge < -0.3 is 9.09 Å². The number of hydrogen-bond donors (Lipinski definition) is 0. The number of hydrogen-bond acceptors (Lipinski definition) is 6. The average Bonchev–Trinajstić information content (AvgIpc) is 3.43. The van der Waals surface area contributed by atoms with Crippen molar-refractivity contribution in [3.05, 3.63) is 46.0 Å². The van der Waals surface area contributed by atoms with E-state index in [4.69, 9.17) is 4.52 Å². The van der Waals surface area contributed by atoms with Crippen LogP contribution in [-0.4, -0.2) is 29.7 Å². The maximum Gasteiger partial charge on any atom is 0.250 e. The maximum absolute atomic E-state index is 11.9. The lowest BCUT2D eigenvalue weighted by atomic mass is 9.89. The molecule has 0 spiro atoms. The summed E-state index contributed by atoms with van der Waals surface area (Å²) in [7, 11) is 1.72. The Bertz CT molecular complexity index is 1030. The SMILES string of the molecule is Cn1ccc(-c2noc(C3CCc4nnn(C5CCCC5)c4C3)n2)cc1=O. The van der Waals surface area contributed by atoms with Crippen molar-refractivity contribution in [2.75, 3.05) is 0 Å². The Labute approximate surface area is 156 Å². The Kier molecular flexibility index (Phi) is 3.91. The first-order valence-electron chi connectivity index (χ1n) is 9.62. The molecule has 0 N–H and O–H groups in total. The summed E-state index contributed by atoms with van der Waals surface area (Å²) in [5.74, 6) is 1.27. The third-order valence-electron chi connectivity index (χ3n) is 5.86. The lowest BCUT2D eigenvalue weighted by Crippen LogP contribution is -2.18. The molecule has 5 rings (SSSR count). The van der Waals surface area contributed by atoms with Gasteiger partial charge in [-0.1, -0.05) is 23.2 Å². The van der Waals surface area contributed by atoms with Gasteiger partial charge in [-0.25, -0.2) is 4.68 Å². The fraction of sp³-hybridized carbons (Fsp3) is 0.526. The van der Waals surface area contributed by atoms with Crippen molar-refractivity contribution in [1.82, 2.24) is 29.7 Å². The van der Waals surface area contributed by atoms with Crippen LogP contribution in [0.3, 0.4) is 0 Å². The molecule has 8 nitrogen and oxygen atoms in total. The van der Waals surface area contributed by atoms with Crippen LogP contribution in [0.5, 0.6) is 0 Å². The largest absolute Gasteiger partial charge is 0.339 e. The molecule has 0 radical (unpaired) electrons. The van der Waals surface area contributed by atoms with E-state index in [-0.39, 0.29) is 11.5 Å². The minimum atomic E-state index is -0.0901. The summed E-state index contributed by atoms with van der Waals surface area (Å²) in [4.78, 5) is 16.4. The Hall–Kier alpha value is -2.77. The predicted molar refractivity (Wildman–Crippen MR) is 97.3 cm³/mol. The predicted octanol–water partition coefficient (Wildman–Crippen LogP) is 2.41. The lowest BCUT2D eigenvalue weighted by molar-refractivity contribution is 0.334. The van der Waals surface area contributed by atoms with Crippen LogP contribution >= 0.6 is 0 Å². The number of aryl methyl sites for hydroxylation is 2. The molecule has 3 aromatic heterocycles. The van der Waals surface area contributed by atoms with Crippen molar-refractivity contribution < 1.29 is 4.52 Å². The van der Waals surface area contributed by atoms with Crippen LogP contribution in [0.2, 0.25) is 0 Å². The summed E-state index contributed by atoms with van der Waals surface area (Å²) in [5, 5.41) is 13.0. The van der Waals surface area contributed by atoms with E-state index in [1.54, 1.807) is 13.2 Å². The molecule has 0 aliphatic heterocycles. The number of rotatable bonds is 3. The fourth-order valence-electron chi connectivity index (χ4n) is 4.26. The van der Waals surface area contributed by atoms with Crippen molar-refractivity contribution in [2.45, 2.75) is 56.9 Å². The Morgan fingerprint density at radius 1 is 1.22 bits per heavy atom. The Balaban J connectivity index is 1.41. The second kappa shape index (κ2) is 6.44. The lowest BCUT2D eigenvalue weighted by Gasteiger charge is -2.21. The summed E-state index contributed by atoms with van der Waals surface area (Å²) in [6.45, 7) is 0. The number of pyridine rings is 1. The molecule has 3 heterocycles. The van der Waals surface area contributed by atoms with E-state index in [0.717, 1.165) is 25.0 Å². The van der Waals surface area contributed by atoms with E-state index in [1.807, 2.05) is 6.07 Å². The molecular formula is C19H22N6O2. The number of fused-ring (bicyclic) bond motifs is 1. The highest BCUT2D eigenvalue weighted by molar-refractivity contribution is 5.52. The summed E-state index contributed by atoms with van der Waals surface area (Å²) < 4.78 is 9.23. The highest BCUT2D eigenvalue weighted by Crippen LogP contribution is 2.36. The molecule has 0 aromatic carbocycles. The third kappa shape index (κ3) is 2.89. The minimum absolute atomic E-state index is 0.0901. The molecule has 0 bridgehead atoms. The average molecular weight is 366 g/mol. The van der Waals surface area contributed by atoms with E-state index in [0.29, 0.717) is 23.3 Å². The van der Waals surface area contributed by atoms with Gasteiger partial charge in [-0.2, -0.15) is 4.98 Å². The summed E-state index contributed by atoms with van der Waals surface area (Å²) in [6.07, 6.45) is 9.27. The van der Waals surface area contributed by atoms with Gasteiger partial charge in [0.2, 0.25) is 11.7 Å². The van der Waals surface area contributed by atoms with Crippen LogP contribution in [0.25, 0.3) is 11.4 Å².